The molecule has 2 aliphatic carbocycles. The minimum absolute atomic E-state index is 0.301. The smallest absolute Gasteiger partial charge is 0.122 e. The van der Waals surface area contributed by atoms with E-state index in [4.69, 9.17) is 4.98 Å². The van der Waals surface area contributed by atoms with Gasteiger partial charge in [0.1, 0.15) is 11.5 Å². The molecule has 150 valence electrons. The van der Waals surface area contributed by atoms with E-state index >= 15 is 0 Å². The number of para-hydroxylation sites is 2. The topological polar surface area (TPSA) is 53.4 Å². The molecule has 1 heterocycles. The summed E-state index contributed by atoms with van der Waals surface area (Å²) in [6, 6.07) is 17.3. The lowest BCUT2D eigenvalue weighted by molar-refractivity contribution is 0.473. The second kappa shape index (κ2) is 7.83. The van der Waals surface area contributed by atoms with Gasteiger partial charge in [0.25, 0.3) is 0 Å². The highest BCUT2D eigenvalue weighted by Crippen LogP contribution is 2.38. The Morgan fingerprint density at radius 2 is 1.10 bits per heavy atom. The van der Waals surface area contributed by atoms with Gasteiger partial charge in [-0.15, -0.1) is 0 Å². The second-order valence-electron chi connectivity index (χ2n) is 8.17. The molecule has 3 nitrogen and oxygen atoms in total. The zero-order valence-electron chi connectivity index (χ0n) is 16.9. The molecule has 0 radical (unpaired) electrons. The van der Waals surface area contributed by atoms with Gasteiger partial charge in [-0.2, -0.15) is 0 Å². The minimum Gasteiger partial charge on any atom is -0.507 e. The number of rotatable bonds is 2. The molecule has 30 heavy (non-hydrogen) atoms. The van der Waals surface area contributed by atoms with Gasteiger partial charge in [0, 0.05) is 11.1 Å². The molecule has 2 aliphatic rings. The first-order valence-electron chi connectivity index (χ1n) is 10.7. The van der Waals surface area contributed by atoms with Gasteiger partial charge in [-0.05, 0) is 85.1 Å². The van der Waals surface area contributed by atoms with E-state index in [2.05, 4.69) is 18.2 Å². The van der Waals surface area contributed by atoms with Gasteiger partial charge in [-0.25, -0.2) is 4.98 Å². The number of pyridine rings is 1. The number of hydrogen-bond donors (Lipinski definition) is 2. The summed E-state index contributed by atoms with van der Waals surface area (Å²) >= 11 is 0. The molecule has 0 spiro atoms. The maximum atomic E-state index is 10.2. The Morgan fingerprint density at radius 3 is 1.57 bits per heavy atom. The predicted molar refractivity (Wildman–Crippen MR) is 122 cm³/mol. The first-order valence-corrected chi connectivity index (χ1v) is 10.7. The van der Waals surface area contributed by atoms with Crippen LogP contribution in [-0.4, -0.2) is 15.2 Å². The second-order valence-corrected chi connectivity index (χ2v) is 8.17. The third-order valence-corrected chi connectivity index (χ3v) is 6.11. The van der Waals surface area contributed by atoms with Gasteiger partial charge in [0.15, 0.2) is 0 Å². The molecule has 0 bridgehead atoms. The van der Waals surface area contributed by atoms with Crippen LogP contribution in [0, 0.1) is 0 Å². The van der Waals surface area contributed by atoms with E-state index in [9.17, 15) is 10.2 Å². The monoisotopic (exact) mass is 395 g/mol. The van der Waals surface area contributed by atoms with Crippen molar-refractivity contribution in [2.75, 3.05) is 0 Å². The lowest BCUT2D eigenvalue weighted by atomic mass is 9.84. The molecule has 0 unspecified atom stereocenters. The normalized spacial score (nSPS) is 18.3. The van der Waals surface area contributed by atoms with Gasteiger partial charge in [0.2, 0.25) is 0 Å². The molecule has 0 saturated carbocycles. The molecule has 0 atom stereocenters. The van der Waals surface area contributed by atoms with E-state index < -0.39 is 0 Å². The van der Waals surface area contributed by atoms with E-state index in [1.54, 1.807) is 12.1 Å². The van der Waals surface area contributed by atoms with Crippen molar-refractivity contribution in [3.63, 3.8) is 0 Å². The SMILES string of the molecule is Oc1ccccc1C=C1CCCc2cc3c(nc21)C(=Cc1ccccc1O)CCC3. The largest absolute Gasteiger partial charge is 0.507 e. The minimum atomic E-state index is 0.301. The molecule has 0 amide bonds. The summed E-state index contributed by atoms with van der Waals surface area (Å²) in [7, 11) is 0. The number of aromatic nitrogens is 1. The first kappa shape index (κ1) is 18.7. The molecule has 1 aromatic heterocycles. The van der Waals surface area contributed by atoms with Crippen LogP contribution < -0.4 is 0 Å². The number of aromatic hydroxyl groups is 2. The Morgan fingerprint density at radius 1 is 0.633 bits per heavy atom. The molecule has 0 saturated heterocycles. The maximum Gasteiger partial charge on any atom is 0.122 e. The number of aryl methyl sites for hydroxylation is 2. The lowest BCUT2D eigenvalue weighted by Crippen LogP contribution is -2.12. The van der Waals surface area contributed by atoms with Crippen LogP contribution in [0.4, 0.5) is 0 Å². The molecular weight excluding hydrogens is 370 g/mol. The Hall–Kier alpha value is -3.33. The van der Waals surface area contributed by atoms with Crippen molar-refractivity contribution in [2.24, 2.45) is 0 Å². The van der Waals surface area contributed by atoms with Crippen molar-refractivity contribution in [3.05, 3.63) is 88.2 Å². The Bertz CT molecular complexity index is 1080. The van der Waals surface area contributed by atoms with Crippen LogP contribution >= 0.6 is 0 Å². The zero-order valence-corrected chi connectivity index (χ0v) is 16.9. The summed E-state index contributed by atoms with van der Waals surface area (Å²) in [6.45, 7) is 0. The molecule has 3 heteroatoms. The van der Waals surface area contributed by atoms with Gasteiger partial charge >= 0.3 is 0 Å². The number of benzene rings is 2. The van der Waals surface area contributed by atoms with Gasteiger partial charge < -0.3 is 10.2 Å². The van der Waals surface area contributed by atoms with Crippen LogP contribution in [-0.2, 0) is 12.8 Å². The molecule has 0 aliphatic heterocycles. The standard InChI is InChI=1S/C27H25NO2/c29-24-13-3-1-7-18(24)15-20-9-5-11-22-17-23-12-6-10-21(27(23)28-26(20)22)16-19-8-2-4-14-25(19)30/h1-4,7-8,13-17,29-30H,5-6,9-12H2. The number of allylic oxidation sites excluding steroid dienone is 2. The summed E-state index contributed by atoms with van der Waals surface area (Å²) in [5, 5.41) is 20.4. The van der Waals surface area contributed by atoms with Crippen molar-refractivity contribution in [2.45, 2.75) is 38.5 Å². The van der Waals surface area contributed by atoms with Crippen molar-refractivity contribution in [3.8, 4) is 11.5 Å². The van der Waals surface area contributed by atoms with Crippen LogP contribution in [0.1, 0.15) is 59.3 Å². The quantitative estimate of drug-likeness (QED) is 0.539. The van der Waals surface area contributed by atoms with Crippen LogP contribution in [0.15, 0.2) is 54.6 Å². The van der Waals surface area contributed by atoms with Crippen LogP contribution in [0.25, 0.3) is 23.3 Å². The fourth-order valence-electron chi connectivity index (χ4n) is 4.59. The summed E-state index contributed by atoms with van der Waals surface area (Å²) in [5.41, 5.74) is 8.80. The highest BCUT2D eigenvalue weighted by molar-refractivity contribution is 5.87. The fraction of sp³-hybridized carbons (Fsp3) is 0.222. The Kier molecular flexibility index (Phi) is 4.88. The van der Waals surface area contributed by atoms with E-state index in [1.807, 2.05) is 36.4 Å². The van der Waals surface area contributed by atoms with Crippen LogP contribution in [0.2, 0.25) is 0 Å². The van der Waals surface area contributed by atoms with Crippen molar-refractivity contribution < 1.29 is 10.2 Å². The number of phenols is 2. The number of nitrogens with zero attached hydrogens (tertiary/aromatic N) is 1. The average molecular weight is 396 g/mol. The summed E-state index contributed by atoms with van der Waals surface area (Å²) in [6.07, 6.45) is 10.4. The average Bonchev–Trinajstić information content (AvgIpc) is 2.76. The number of fused-ring (bicyclic) bond motifs is 2. The number of hydrogen-bond acceptors (Lipinski definition) is 3. The summed E-state index contributed by atoms with van der Waals surface area (Å²) in [5.74, 6) is 0.602. The van der Waals surface area contributed by atoms with Gasteiger partial charge in [0.05, 0.1) is 11.4 Å². The van der Waals surface area contributed by atoms with Gasteiger partial charge in [-0.3, -0.25) is 0 Å². The van der Waals surface area contributed by atoms with E-state index in [0.717, 1.165) is 61.0 Å². The van der Waals surface area contributed by atoms with E-state index in [-0.39, 0.29) is 0 Å². The first-order chi connectivity index (χ1) is 14.7. The molecule has 2 N–H and O–H groups in total. The highest BCUT2D eigenvalue weighted by Gasteiger charge is 2.23. The third kappa shape index (κ3) is 3.52. The van der Waals surface area contributed by atoms with Crippen LogP contribution in [0.3, 0.4) is 0 Å². The van der Waals surface area contributed by atoms with Crippen molar-refractivity contribution in [1.82, 2.24) is 4.98 Å². The fourth-order valence-corrected chi connectivity index (χ4v) is 4.59. The zero-order chi connectivity index (χ0) is 20.5. The maximum absolute atomic E-state index is 10.2. The molecule has 3 aromatic rings. The lowest BCUT2D eigenvalue weighted by Gasteiger charge is -2.25. The molecule has 0 fully saturated rings. The van der Waals surface area contributed by atoms with Crippen molar-refractivity contribution >= 4 is 23.3 Å². The predicted octanol–water partition coefficient (Wildman–Crippen LogP) is 6.25. The van der Waals surface area contributed by atoms with Crippen LogP contribution in [0.5, 0.6) is 11.5 Å². The van der Waals surface area contributed by atoms with Gasteiger partial charge in [-0.1, -0.05) is 42.5 Å². The molecule has 5 rings (SSSR count). The molecule has 2 aromatic carbocycles. The number of phenolic OH excluding ortho intramolecular Hbond substituents is 2. The van der Waals surface area contributed by atoms with E-state index in [1.165, 1.54) is 22.3 Å². The highest BCUT2D eigenvalue weighted by atomic mass is 16.3. The third-order valence-electron chi connectivity index (χ3n) is 6.11. The van der Waals surface area contributed by atoms with E-state index in [0.29, 0.717) is 11.5 Å². The summed E-state index contributed by atoms with van der Waals surface area (Å²) < 4.78 is 0. The van der Waals surface area contributed by atoms with Crippen molar-refractivity contribution in [1.29, 1.82) is 0 Å². The summed E-state index contributed by atoms with van der Waals surface area (Å²) in [4.78, 5) is 5.17. The molecular formula is C27H25NO2. The Labute approximate surface area is 177 Å². The Balaban J connectivity index is 1.62.